The van der Waals surface area contributed by atoms with E-state index in [9.17, 15) is 9.59 Å². The lowest BCUT2D eigenvalue weighted by Crippen LogP contribution is -2.34. The van der Waals surface area contributed by atoms with Gasteiger partial charge in [0.25, 0.3) is 0 Å². The van der Waals surface area contributed by atoms with Crippen LogP contribution in [0, 0.1) is 5.41 Å². The minimum Gasteiger partial charge on any atom is -0.468 e. The molecule has 110 valence electrons. The SMILES string of the molecule is C=CCCCCCCCCC(=O)C(C)(C)C(=O)OC. The summed E-state index contributed by atoms with van der Waals surface area (Å²) in [6.07, 6.45) is 10.2. The smallest absolute Gasteiger partial charge is 0.318 e. The molecular formula is C16H28O3. The van der Waals surface area contributed by atoms with Crippen molar-refractivity contribution in [3.63, 3.8) is 0 Å². The molecule has 3 heteroatoms. The van der Waals surface area contributed by atoms with Crippen LogP contribution in [0.5, 0.6) is 0 Å². The number of hydrogen-bond donors (Lipinski definition) is 0. The molecule has 0 atom stereocenters. The highest BCUT2D eigenvalue weighted by Crippen LogP contribution is 2.22. The average molecular weight is 268 g/mol. The molecule has 3 nitrogen and oxygen atoms in total. The quantitative estimate of drug-likeness (QED) is 0.246. The molecule has 0 heterocycles. The number of methoxy groups -OCH3 is 1. The Morgan fingerprint density at radius 1 is 1.05 bits per heavy atom. The Hall–Kier alpha value is -1.12. The predicted octanol–water partition coefficient (Wildman–Crippen LogP) is 4.06. The third kappa shape index (κ3) is 7.14. The molecular weight excluding hydrogens is 240 g/mol. The fourth-order valence-electron chi connectivity index (χ4n) is 1.96. The molecule has 19 heavy (non-hydrogen) atoms. The number of carbonyl (C=O) groups excluding carboxylic acids is 2. The molecule has 0 rings (SSSR count). The van der Waals surface area contributed by atoms with Gasteiger partial charge in [-0.3, -0.25) is 9.59 Å². The third-order valence-corrected chi connectivity index (χ3v) is 3.45. The highest BCUT2D eigenvalue weighted by molar-refractivity contribution is 6.02. The van der Waals surface area contributed by atoms with Crippen LogP contribution in [0.25, 0.3) is 0 Å². The fraction of sp³-hybridized carbons (Fsp3) is 0.750. The first-order valence-electron chi connectivity index (χ1n) is 7.19. The molecule has 0 aromatic carbocycles. The Kier molecular flexibility index (Phi) is 9.19. The Morgan fingerprint density at radius 3 is 2.11 bits per heavy atom. The van der Waals surface area contributed by atoms with Gasteiger partial charge in [-0.2, -0.15) is 0 Å². The second-order valence-electron chi connectivity index (χ2n) is 5.49. The van der Waals surface area contributed by atoms with Crippen molar-refractivity contribution in [2.45, 2.75) is 65.2 Å². The number of hydrogen-bond acceptors (Lipinski definition) is 3. The predicted molar refractivity (Wildman–Crippen MR) is 77.9 cm³/mol. The summed E-state index contributed by atoms with van der Waals surface area (Å²) in [5.74, 6) is -0.465. The lowest BCUT2D eigenvalue weighted by atomic mass is 9.85. The molecule has 0 saturated carbocycles. The maximum absolute atomic E-state index is 11.9. The number of unbranched alkanes of at least 4 members (excludes halogenated alkanes) is 6. The van der Waals surface area contributed by atoms with Crippen LogP contribution in [0.2, 0.25) is 0 Å². The van der Waals surface area contributed by atoms with Crippen molar-refractivity contribution >= 4 is 11.8 Å². The minimum absolute atomic E-state index is 0.0222. The van der Waals surface area contributed by atoms with Gasteiger partial charge in [0.05, 0.1) is 7.11 Å². The maximum atomic E-state index is 11.9. The van der Waals surface area contributed by atoms with Crippen LogP contribution in [-0.4, -0.2) is 18.9 Å². The first-order chi connectivity index (χ1) is 8.96. The number of Topliss-reactive ketones (excluding diaryl/α,β-unsaturated/α-hetero) is 1. The molecule has 0 aromatic heterocycles. The van der Waals surface area contributed by atoms with Crippen molar-refractivity contribution in [2.75, 3.05) is 7.11 Å². The zero-order chi connectivity index (χ0) is 14.7. The normalized spacial score (nSPS) is 11.1. The highest BCUT2D eigenvalue weighted by atomic mass is 16.5. The Labute approximate surface area is 117 Å². The van der Waals surface area contributed by atoms with Crippen LogP contribution in [0.1, 0.15) is 65.2 Å². The second kappa shape index (κ2) is 9.76. The zero-order valence-corrected chi connectivity index (χ0v) is 12.7. The maximum Gasteiger partial charge on any atom is 0.318 e. The molecule has 0 amide bonds. The van der Waals surface area contributed by atoms with Gasteiger partial charge in [-0.15, -0.1) is 6.58 Å². The van der Waals surface area contributed by atoms with Crippen molar-refractivity contribution in [1.82, 2.24) is 0 Å². The monoisotopic (exact) mass is 268 g/mol. The van der Waals surface area contributed by atoms with E-state index in [1.807, 2.05) is 6.08 Å². The van der Waals surface area contributed by atoms with Crippen molar-refractivity contribution < 1.29 is 14.3 Å². The van der Waals surface area contributed by atoms with E-state index in [4.69, 9.17) is 0 Å². The summed E-state index contributed by atoms with van der Waals surface area (Å²) >= 11 is 0. The molecule has 0 aliphatic rings. The van der Waals surface area contributed by atoms with E-state index < -0.39 is 11.4 Å². The Bertz CT molecular complexity index is 292. The molecule has 0 fully saturated rings. The van der Waals surface area contributed by atoms with Crippen molar-refractivity contribution in [2.24, 2.45) is 5.41 Å². The number of esters is 1. The van der Waals surface area contributed by atoms with Crippen LogP contribution in [0.4, 0.5) is 0 Å². The summed E-state index contributed by atoms with van der Waals surface area (Å²) in [6, 6.07) is 0. The summed E-state index contributed by atoms with van der Waals surface area (Å²) in [5.41, 5.74) is -1.00. The van der Waals surface area contributed by atoms with Crippen LogP contribution in [0.3, 0.4) is 0 Å². The Morgan fingerprint density at radius 2 is 1.58 bits per heavy atom. The van der Waals surface area contributed by atoms with E-state index in [1.165, 1.54) is 26.4 Å². The van der Waals surface area contributed by atoms with E-state index in [0.717, 1.165) is 25.7 Å². The second-order valence-corrected chi connectivity index (χ2v) is 5.49. The van der Waals surface area contributed by atoms with Crippen LogP contribution >= 0.6 is 0 Å². The van der Waals surface area contributed by atoms with Crippen LogP contribution < -0.4 is 0 Å². The lowest BCUT2D eigenvalue weighted by Gasteiger charge is -2.19. The highest BCUT2D eigenvalue weighted by Gasteiger charge is 2.35. The standard InChI is InChI=1S/C16H28O3/c1-5-6-7-8-9-10-11-12-13-14(17)16(2,3)15(18)19-4/h5H,1,6-13H2,2-4H3. The lowest BCUT2D eigenvalue weighted by molar-refractivity contribution is -0.155. The Balaban J connectivity index is 3.69. The van der Waals surface area contributed by atoms with Gasteiger partial charge in [0, 0.05) is 6.42 Å². The number of rotatable bonds is 11. The van der Waals surface area contributed by atoms with Gasteiger partial charge >= 0.3 is 5.97 Å². The topological polar surface area (TPSA) is 43.4 Å². The first kappa shape index (κ1) is 17.9. The molecule has 0 bridgehead atoms. The molecule has 0 radical (unpaired) electrons. The number of ether oxygens (including phenoxy) is 1. The summed E-state index contributed by atoms with van der Waals surface area (Å²) in [4.78, 5) is 23.4. The molecule has 0 aliphatic heterocycles. The van der Waals surface area contributed by atoms with Gasteiger partial charge in [-0.25, -0.2) is 0 Å². The van der Waals surface area contributed by atoms with Crippen molar-refractivity contribution in [1.29, 1.82) is 0 Å². The van der Waals surface area contributed by atoms with E-state index >= 15 is 0 Å². The van der Waals surface area contributed by atoms with E-state index in [-0.39, 0.29) is 5.78 Å². The third-order valence-electron chi connectivity index (χ3n) is 3.45. The molecule has 0 N–H and O–H groups in total. The van der Waals surface area contributed by atoms with Crippen molar-refractivity contribution in [3.8, 4) is 0 Å². The van der Waals surface area contributed by atoms with Gasteiger partial charge < -0.3 is 4.74 Å². The van der Waals surface area contributed by atoms with E-state index in [0.29, 0.717) is 6.42 Å². The van der Waals surface area contributed by atoms with E-state index in [2.05, 4.69) is 11.3 Å². The van der Waals surface area contributed by atoms with Crippen molar-refractivity contribution in [3.05, 3.63) is 12.7 Å². The number of allylic oxidation sites excluding steroid dienone is 1. The molecule has 0 aliphatic carbocycles. The fourth-order valence-corrected chi connectivity index (χ4v) is 1.96. The summed E-state index contributed by atoms with van der Waals surface area (Å²) in [5, 5.41) is 0. The average Bonchev–Trinajstić information content (AvgIpc) is 2.40. The molecule has 0 unspecified atom stereocenters. The van der Waals surface area contributed by atoms with Gasteiger partial charge in [0.15, 0.2) is 0 Å². The largest absolute Gasteiger partial charge is 0.468 e. The van der Waals surface area contributed by atoms with Crippen LogP contribution in [0.15, 0.2) is 12.7 Å². The van der Waals surface area contributed by atoms with Crippen LogP contribution in [-0.2, 0) is 14.3 Å². The first-order valence-corrected chi connectivity index (χ1v) is 7.19. The minimum atomic E-state index is -1.00. The number of carbonyl (C=O) groups is 2. The van der Waals surface area contributed by atoms with E-state index in [1.54, 1.807) is 13.8 Å². The summed E-state index contributed by atoms with van der Waals surface area (Å²) < 4.78 is 4.65. The van der Waals surface area contributed by atoms with Gasteiger partial charge in [-0.05, 0) is 33.1 Å². The zero-order valence-electron chi connectivity index (χ0n) is 12.7. The molecule has 0 aromatic rings. The van der Waals surface area contributed by atoms with Gasteiger partial charge in [0.1, 0.15) is 11.2 Å². The molecule has 0 spiro atoms. The molecule has 0 saturated heterocycles. The number of ketones is 1. The summed E-state index contributed by atoms with van der Waals surface area (Å²) in [7, 11) is 1.32. The summed E-state index contributed by atoms with van der Waals surface area (Å²) in [6.45, 7) is 6.97. The van der Waals surface area contributed by atoms with Gasteiger partial charge in [-0.1, -0.05) is 31.8 Å². The van der Waals surface area contributed by atoms with Gasteiger partial charge in [0.2, 0.25) is 0 Å².